The van der Waals surface area contributed by atoms with Crippen LogP contribution in [0.4, 0.5) is 17.1 Å². The first kappa shape index (κ1) is 19.0. The Labute approximate surface area is 163 Å². The number of rotatable bonds is 5. The highest BCUT2D eigenvalue weighted by Gasteiger charge is 2.35. The van der Waals surface area contributed by atoms with Crippen molar-refractivity contribution in [2.24, 2.45) is 5.92 Å². The fraction of sp³-hybridized carbons (Fsp3) is 0.300. The van der Waals surface area contributed by atoms with Gasteiger partial charge >= 0.3 is 0 Å². The number of hydrogen-bond donors (Lipinski definition) is 1. The third-order valence-corrected chi connectivity index (χ3v) is 4.88. The predicted molar refractivity (Wildman–Crippen MR) is 108 cm³/mol. The lowest BCUT2D eigenvalue weighted by Crippen LogP contribution is -2.28. The van der Waals surface area contributed by atoms with Gasteiger partial charge in [0.05, 0.1) is 29.4 Å². The summed E-state index contributed by atoms with van der Waals surface area (Å²) in [7, 11) is 5.32. The normalized spacial score (nSPS) is 16.4. The van der Waals surface area contributed by atoms with Crippen LogP contribution in [0.1, 0.15) is 6.42 Å². The van der Waals surface area contributed by atoms with Crippen LogP contribution in [0.15, 0.2) is 42.5 Å². The molecule has 2 aromatic carbocycles. The first-order chi connectivity index (χ1) is 12.9. The molecule has 0 bridgehead atoms. The van der Waals surface area contributed by atoms with Crippen molar-refractivity contribution < 1.29 is 14.3 Å². The lowest BCUT2D eigenvalue weighted by Gasteiger charge is -2.21. The van der Waals surface area contributed by atoms with Crippen molar-refractivity contribution in [3.8, 4) is 5.75 Å². The number of amides is 2. The van der Waals surface area contributed by atoms with E-state index in [0.29, 0.717) is 17.3 Å². The summed E-state index contributed by atoms with van der Waals surface area (Å²) in [5.41, 5.74) is 2.13. The van der Waals surface area contributed by atoms with Gasteiger partial charge in [-0.1, -0.05) is 17.7 Å². The fourth-order valence-electron chi connectivity index (χ4n) is 3.20. The minimum Gasteiger partial charge on any atom is -0.497 e. The molecule has 142 valence electrons. The zero-order valence-corrected chi connectivity index (χ0v) is 16.3. The SMILES string of the molecule is COc1ccc(N2CC(C(=O)Nc3cccc(Cl)c3N(C)C)CC2=O)cc1. The van der Waals surface area contributed by atoms with Crippen molar-refractivity contribution >= 4 is 40.5 Å². The van der Waals surface area contributed by atoms with Crippen LogP contribution < -0.4 is 19.9 Å². The topological polar surface area (TPSA) is 61.9 Å². The summed E-state index contributed by atoms with van der Waals surface area (Å²) in [5.74, 6) is 0.0365. The van der Waals surface area contributed by atoms with Gasteiger partial charge in [-0.15, -0.1) is 0 Å². The molecule has 3 rings (SSSR count). The Hall–Kier alpha value is -2.73. The molecule has 27 heavy (non-hydrogen) atoms. The highest BCUT2D eigenvalue weighted by atomic mass is 35.5. The van der Waals surface area contributed by atoms with Crippen LogP contribution in [0.5, 0.6) is 5.75 Å². The van der Waals surface area contributed by atoms with Crippen LogP contribution in [-0.2, 0) is 9.59 Å². The molecular weight excluding hydrogens is 366 g/mol. The Morgan fingerprint density at radius 2 is 1.93 bits per heavy atom. The van der Waals surface area contributed by atoms with Gasteiger partial charge in [0.2, 0.25) is 11.8 Å². The van der Waals surface area contributed by atoms with Crippen LogP contribution in [0.25, 0.3) is 0 Å². The molecule has 0 spiro atoms. The standard InChI is InChI=1S/C20H22ClN3O3/c1-23(2)19-16(21)5-4-6-17(19)22-20(26)13-11-18(25)24(12-13)14-7-9-15(27-3)10-8-14/h4-10,13H,11-12H2,1-3H3,(H,22,26). The molecule has 0 saturated carbocycles. The Balaban J connectivity index is 1.74. The minimum atomic E-state index is -0.423. The van der Waals surface area contributed by atoms with E-state index in [1.165, 1.54) is 0 Å². The Morgan fingerprint density at radius 1 is 1.22 bits per heavy atom. The second-order valence-electron chi connectivity index (χ2n) is 6.62. The van der Waals surface area contributed by atoms with Crippen LogP contribution >= 0.6 is 11.6 Å². The van der Waals surface area contributed by atoms with Gasteiger partial charge in [-0.25, -0.2) is 0 Å². The number of methoxy groups -OCH3 is 1. The summed E-state index contributed by atoms with van der Waals surface area (Å²) in [6.07, 6.45) is 0.176. The molecular formula is C20H22ClN3O3. The number of ether oxygens (including phenoxy) is 1. The van der Waals surface area contributed by atoms with E-state index in [0.717, 1.165) is 17.1 Å². The molecule has 1 atom stereocenters. The van der Waals surface area contributed by atoms with Gasteiger partial charge in [-0.2, -0.15) is 0 Å². The monoisotopic (exact) mass is 387 g/mol. The maximum Gasteiger partial charge on any atom is 0.229 e. The molecule has 2 aromatic rings. The lowest BCUT2D eigenvalue weighted by atomic mass is 10.1. The van der Waals surface area contributed by atoms with Crippen molar-refractivity contribution in [2.75, 3.05) is 42.9 Å². The molecule has 1 saturated heterocycles. The summed E-state index contributed by atoms with van der Waals surface area (Å²) >= 11 is 6.25. The molecule has 7 heteroatoms. The van der Waals surface area contributed by atoms with Crippen molar-refractivity contribution in [3.63, 3.8) is 0 Å². The van der Waals surface area contributed by atoms with E-state index >= 15 is 0 Å². The average Bonchev–Trinajstić information content (AvgIpc) is 3.03. The number of carbonyl (C=O) groups is 2. The molecule has 1 aliphatic rings. The largest absolute Gasteiger partial charge is 0.497 e. The van der Waals surface area contributed by atoms with Crippen LogP contribution in [0.3, 0.4) is 0 Å². The number of hydrogen-bond acceptors (Lipinski definition) is 4. The molecule has 1 fully saturated rings. The Morgan fingerprint density at radius 3 is 2.56 bits per heavy atom. The minimum absolute atomic E-state index is 0.0701. The number of benzene rings is 2. The van der Waals surface area contributed by atoms with Crippen molar-refractivity contribution in [1.82, 2.24) is 0 Å². The molecule has 1 heterocycles. The van der Waals surface area contributed by atoms with E-state index in [1.54, 1.807) is 42.3 Å². The first-order valence-corrected chi connectivity index (χ1v) is 8.99. The number of para-hydroxylation sites is 1. The van der Waals surface area contributed by atoms with Gasteiger partial charge in [0.15, 0.2) is 0 Å². The predicted octanol–water partition coefficient (Wildman–Crippen LogP) is 3.41. The van der Waals surface area contributed by atoms with Gasteiger partial charge in [-0.3, -0.25) is 9.59 Å². The zero-order chi connectivity index (χ0) is 19.6. The first-order valence-electron chi connectivity index (χ1n) is 8.62. The summed E-state index contributed by atoms with van der Waals surface area (Å²) in [6.45, 7) is 0.342. The molecule has 0 radical (unpaired) electrons. The number of nitrogens with one attached hydrogen (secondary N) is 1. The summed E-state index contributed by atoms with van der Waals surface area (Å²) in [6, 6.07) is 12.6. The molecule has 0 aromatic heterocycles. The number of carbonyl (C=O) groups excluding carboxylic acids is 2. The van der Waals surface area contributed by atoms with E-state index in [2.05, 4.69) is 5.32 Å². The van der Waals surface area contributed by atoms with Gasteiger partial charge in [-0.05, 0) is 36.4 Å². The maximum atomic E-state index is 12.8. The maximum absolute atomic E-state index is 12.8. The Kier molecular flexibility index (Phi) is 5.56. The molecule has 1 aliphatic heterocycles. The fourth-order valence-corrected chi connectivity index (χ4v) is 3.54. The molecule has 2 amide bonds. The van der Waals surface area contributed by atoms with Gasteiger partial charge < -0.3 is 19.9 Å². The van der Waals surface area contributed by atoms with E-state index < -0.39 is 5.92 Å². The smallest absolute Gasteiger partial charge is 0.229 e. The Bertz CT molecular complexity index is 852. The van der Waals surface area contributed by atoms with E-state index in [9.17, 15) is 9.59 Å². The van der Waals surface area contributed by atoms with Gasteiger partial charge in [0.1, 0.15) is 5.75 Å². The molecule has 1 N–H and O–H groups in total. The summed E-state index contributed by atoms with van der Waals surface area (Å²) in [5, 5.41) is 3.48. The second-order valence-corrected chi connectivity index (χ2v) is 7.03. The number of nitrogens with zero attached hydrogens (tertiary/aromatic N) is 2. The third-order valence-electron chi connectivity index (χ3n) is 4.57. The number of anilines is 3. The quantitative estimate of drug-likeness (QED) is 0.854. The number of halogens is 1. The second kappa shape index (κ2) is 7.88. The van der Waals surface area contributed by atoms with Crippen molar-refractivity contribution in [3.05, 3.63) is 47.5 Å². The van der Waals surface area contributed by atoms with Gasteiger partial charge in [0.25, 0.3) is 0 Å². The van der Waals surface area contributed by atoms with Crippen LogP contribution in [0, 0.1) is 5.92 Å². The average molecular weight is 388 g/mol. The zero-order valence-electron chi connectivity index (χ0n) is 15.5. The molecule has 1 unspecified atom stereocenters. The highest BCUT2D eigenvalue weighted by Crippen LogP contribution is 2.34. The van der Waals surface area contributed by atoms with Crippen LogP contribution in [0.2, 0.25) is 5.02 Å². The molecule has 6 nitrogen and oxygen atoms in total. The van der Waals surface area contributed by atoms with Crippen molar-refractivity contribution in [2.45, 2.75) is 6.42 Å². The van der Waals surface area contributed by atoms with E-state index in [1.807, 2.05) is 31.1 Å². The van der Waals surface area contributed by atoms with Crippen LogP contribution in [-0.4, -0.2) is 39.6 Å². The van der Waals surface area contributed by atoms with E-state index in [4.69, 9.17) is 16.3 Å². The van der Waals surface area contributed by atoms with Crippen molar-refractivity contribution in [1.29, 1.82) is 0 Å². The highest BCUT2D eigenvalue weighted by molar-refractivity contribution is 6.34. The lowest BCUT2D eigenvalue weighted by molar-refractivity contribution is -0.122. The third kappa shape index (κ3) is 4.01. The molecule has 0 aliphatic carbocycles. The summed E-state index contributed by atoms with van der Waals surface area (Å²) < 4.78 is 5.14. The van der Waals surface area contributed by atoms with Gasteiger partial charge in [0, 0.05) is 32.7 Å². The van der Waals surface area contributed by atoms with E-state index in [-0.39, 0.29) is 18.2 Å². The summed E-state index contributed by atoms with van der Waals surface area (Å²) in [4.78, 5) is 28.6.